The monoisotopic (exact) mass is 794 g/mol. The maximum Gasteiger partial charge on any atom is 0.161 e. The molecule has 3 heterocycles. The summed E-state index contributed by atoms with van der Waals surface area (Å²) in [6.07, 6.45) is 4.01. The maximum atomic E-state index is 9.53. The van der Waals surface area contributed by atoms with Crippen LogP contribution >= 0.6 is 0 Å². The number of hydrogen-bond donors (Lipinski definition) is 3. The van der Waals surface area contributed by atoms with Crippen LogP contribution in [0.15, 0.2) is 210 Å². The molecule has 0 unspecified atom stereocenters. The third-order valence-electron chi connectivity index (χ3n) is 11.7. The van der Waals surface area contributed by atoms with Gasteiger partial charge in [0.15, 0.2) is 11.7 Å². The number of aromatic nitrogens is 1. The number of hydrogen-bond acceptors (Lipinski definition) is 3. The Hall–Kier alpha value is -8.48. The molecule has 6 heteroatoms. The fourth-order valence-corrected chi connectivity index (χ4v) is 8.81. The van der Waals surface area contributed by atoms with E-state index in [1.54, 1.807) is 0 Å². The van der Waals surface area contributed by atoms with Gasteiger partial charge in [-0.25, -0.2) is 9.98 Å². The van der Waals surface area contributed by atoms with Crippen LogP contribution in [0.3, 0.4) is 0 Å². The van der Waals surface area contributed by atoms with E-state index in [4.69, 9.17) is 9.98 Å². The van der Waals surface area contributed by atoms with Gasteiger partial charge < -0.3 is 9.72 Å². The number of amidine groups is 2. The summed E-state index contributed by atoms with van der Waals surface area (Å²) >= 11 is 0. The lowest BCUT2D eigenvalue weighted by Crippen LogP contribution is -2.20. The molecule has 0 atom stereocenters. The highest BCUT2D eigenvalue weighted by Gasteiger charge is 2.24. The van der Waals surface area contributed by atoms with Crippen molar-refractivity contribution >= 4 is 84.7 Å². The second-order valence-corrected chi connectivity index (χ2v) is 15.5. The van der Waals surface area contributed by atoms with Crippen LogP contribution in [-0.4, -0.2) is 28.0 Å². The minimum Gasteiger partial charge on any atom is -0.354 e. The Morgan fingerprint density at radius 1 is 0.516 bits per heavy atom. The van der Waals surface area contributed by atoms with E-state index < -0.39 is 0 Å². The number of benzene rings is 8. The lowest BCUT2D eigenvalue weighted by molar-refractivity contribution is 1.22. The molecular formula is C56H38N6. The van der Waals surface area contributed by atoms with Crippen molar-refractivity contribution in [2.45, 2.75) is 0 Å². The molecule has 1 aliphatic heterocycles. The molecule has 6 nitrogen and oxygen atoms in total. The lowest BCUT2D eigenvalue weighted by atomic mass is 9.88. The summed E-state index contributed by atoms with van der Waals surface area (Å²) in [5.41, 5.74) is 13.7. The van der Waals surface area contributed by atoms with Crippen LogP contribution in [0.5, 0.6) is 0 Å². The van der Waals surface area contributed by atoms with E-state index in [0.717, 1.165) is 55.9 Å². The SMILES string of the molecule is N=C(N=C(N=Cc1cc2c3ccccc3n3c4ccccc4c(c1)c23)c1ccccc1)c1cccc(C2=Cc3ccccc3/C(=C(/C(=N)c3ccccc3)c3ccccc3)N2)c1. The van der Waals surface area contributed by atoms with Crippen LogP contribution in [0.1, 0.15) is 44.5 Å². The minimum absolute atomic E-state index is 0.0947. The summed E-state index contributed by atoms with van der Waals surface area (Å²) in [4.78, 5) is 9.92. The number of aliphatic imine (C=N–C) groups is 2. The van der Waals surface area contributed by atoms with Crippen molar-refractivity contribution in [3.05, 3.63) is 245 Å². The van der Waals surface area contributed by atoms with Crippen LogP contribution in [0, 0.1) is 10.8 Å². The van der Waals surface area contributed by atoms with Crippen LogP contribution in [0.2, 0.25) is 0 Å². The van der Waals surface area contributed by atoms with Crippen molar-refractivity contribution in [1.82, 2.24) is 9.72 Å². The summed E-state index contributed by atoms with van der Waals surface area (Å²) in [6.45, 7) is 0. The van der Waals surface area contributed by atoms with Gasteiger partial charge in [-0.1, -0.05) is 170 Å². The third kappa shape index (κ3) is 6.38. The zero-order valence-electron chi connectivity index (χ0n) is 33.5. The topological polar surface area (TPSA) is 88.9 Å². The predicted octanol–water partition coefficient (Wildman–Crippen LogP) is 12.8. The van der Waals surface area contributed by atoms with Crippen LogP contribution in [-0.2, 0) is 0 Å². The molecule has 11 rings (SSSR count). The molecule has 0 radical (unpaired) electrons. The quantitative estimate of drug-likeness (QED) is 0.109. The second kappa shape index (κ2) is 15.3. The number of nitrogens with one attached hydrogen (secondary N) is 3. The summed E-state index contributed by atoms with van der Waals surface area (Å²) in [7, 11) is 0. The molecule has 3 N–H and O–H groups in total. The molecule has 1 aliphatic rings. The molecule has 10 aromatic rings. The van der Waals surface area contributed by atoms with Gasteiger partial charge in [0.25, 0.3) is 0 Å². The molecule has 0 spiro atoms. The van der Waals surface area contributed by atoms with Crippen molar-refractivity contribution in [2.24, 2.45) is 9.98 Å². The average molecular weight is 795 g/mol. The minimum atomic E-state index is 0.0947. The third-order valence-corrected chi connectivity index (χ3v) is 11.7. The Kier molecular flexibility index (Phi) is 9.02. The van der Waals surface area contributed by atoms with Crippen molar-refractivity contribution in [1.29, 1.82) is 10.8 Å². The smallest absolute Gasteiger partial charge is 0.161 e. The Morgan fingerprint density at radius 2 is 1.08 bits per heavy atom. The predicted molar refractivity (Wildman–Crippen MR) is 259 cm³/mol. The number of nitrogens with zero attached hydrogens (tertiary/aromatic N) is 3. The van der Waals surface area contributed by atoms with Crippen molar-refractivity contribution < 1.29 is 0 Å². The first-order valence-electron chi connectivity index (χ1n) is 20.7. The van der Waals surface area contributed by atoms with Gasteiger partial charge in [0.05, 0.1) is 28.0 Å². The molecular weight excluding hydrogens is 757 g/mol. The van der Waals surface area contributed by atoms with Gasteiger partial charge in [0, 0.05) is 61.3 Å². The van der Waals surface area contributed by atoms with E-state index in [-0.39, 0.29) is 5.84 Å². The Bertz CT molecular complexity index is 3420. The molecule has 0 bridgehead atoms. The number of fused-ring (bicyclic) bond motifs is 7. The normalized spacial score (nSPS) is 13.7. The van der Waals surface area contributed by atoms with Gasteiger partial charge >= 0.3 is 0 Å². The molecule has 0 aliphatic carbocycles. The Morgan fingerprint density at radius 3 is 1.76 bits per heavy atom. The number of allylic oxidation sites excluding steroid dienone is 1. The molecule has 0 saturated heterocycles. The van der Waals surface area contributed by atoms with E-state index in [2.05, 4.69) is 101 Å². The molecule has 8 aromatic carbocycles. The largest absolute Gasteiger partial charge is 0.354 e. The van der Waals surface area contributed by atoms with E-state index in [1.807, 2.05) is 121 Å². The standard InChI is InChI=1S/C56H38N6/c57-52(38-19-6-2-7-20-38)51(37-17-4-1-5-18-37)53-43-26-11-10-23-40(43)34-48(60-53)41-24-16-25-42(33-41)55(58)61-56(39-21-8-3-9-22-39)59-35-36-31-46-44-27-12-14-29-49(44)62-50-30-15-13-28-45(50)47(32-36)54(46)62/h1-35,57-58,60H/b53-51-,57-52?,58-55?,59-35?,61-56?. The van der Waals surface area contributed by atoms with E-state index >= 15 is 0 Å². The molecule has 0 saturated carbocycles. The number of para-hydroxylation sites is 2. The van der Waals surface area contributed by atoms with Gasteiger partial charge in [-0.15, -0.1) is 0 Å². The molecule has 2 aromatic heterocycles. The highest BCUT2D eigenvalue weighted by atomic mass is 15.0. The molecule has 0 amide bonds. The highest BCUT2D eigenvalue weighted by molar-refractivity contribution is 6.36. The summed E-state index contributed by atoms with van der Waals surface area (Å²) in [5.74, 6) is 0.541. The first-order valence-corrected chi connectivity index (χ1v) is 20.7. The maximum absolute atomic E-state index is 9.53. The van der Waals surface area contributed by atoms with E-state index in [9.17, 15) is 10.8 Å². The molecule has 62 heavy (non-hydrogen) atoms. The first-order chi connectivity index (χ1) is 30.6. The van der Waals surface area contributed by atoms with Gasteiger partial charge in [0.2, 0.25) is 0 Å². The van der Waals surface area contributed by atoms with Gasteiger partial charge in [-0.2, -0.15) is 0 Å². The second-order valence-electron chi connectivity index (χ2n) is 15.5. The van der Waals surface area contributed by atoms with Gasteiger partial charge in [-0.3, -0.25) is 10.8 Å². The summed E-state index contributed by atoms with van der Waals surface area (Å²) < 4.78 is 2.37. The van der Waals surface area contributed by atoms with E-state index in [0.29, 0.717) is 17.1 Å². The van der Waals surface area contributed by atoms with Crippen LogP contribution in [0.4, 0.5) is 0 Å². The van der Waals surface area contributed by atoms with Crippen molar-refractivity contribution in [3.63, 3.8) is 0 Å². The van der Waals surface area contributed by atoms with Gasteiger partial charge in [0.1, 0.15) is 0 Å². The zero-order chi connectivity index (χ0) is 41.6. The molecule has 292 valence electrons. The van der Waals surface area contributed by atoms with E-state index in [1.165, 1.54) is 38.1 Å². The number of rotatable bonds is 7. The highest BCUT2D eigenvalue weighted by Crippen LogP contribution is 2.40. The fourth-order valence-electron chi connectivity index (χ4n) is 8.81. The first kappa shape index (κ1) is 36.6. The Balaban J connectivity index is 0.981. The average Bonchev–Trinajstić information content (AvgIpc) is 3.85. The van der Waals surface area contributed by atoms with Crippen LogP contribution < -0.4 is 5.32 Å². The lowest BCUT2D eigenvalue weighted by Gasteiger charge is -2.26. The van der Waals surface area contributed by atoms with Crippen molar-refractivity contribution in [3.8, 4) is 0 Å². The Labute approximate surface area is 358 Å². The zero-order valence-corrected chi connectivity index (χ0v) is 33.5. The summed E-state index contributed by atoms with van der Waals surface area (Å²) in [5, 5.41) is 27.4. The van der Waals surface area contributed by atoms with Crippen LogP contribution in [0.25, 0.3) is 61.1 Å². The van der Waals surface area contributed by atoms with Gasteiger partial charge in [-0.05, 0) is 58.7 Å². The van der Waals surface area contributed by atoms with Crippen molar-refractivity contribution in [2.75, 3.05) is 0 Å². The molecule has 0 fully saturated rings. The summed E-state index contributed by atoms with van der Waals surface area (Å²) in [6, 6.07) is 67.6. The fraction of sp³-hybridized carbons (Fsp3) is 0.